The number of benzene rings is 1. The van der Waals surface area contributed by atoms with Gasteiger partial charge in [-0.3, -0.25) is 0 Å². The summed E-state index contributed by atoms with van der Waals surface area (Å²) in [7, 11) is 0. The molecule has 0 aliphatic rings. The molecule has 0 fully saturated rings. The SMILES string of the molecule is C/C(=C\c1ccccc1C)C(C)C.CC. The van der Waals surface area contributed by atoms with Crippen molar-refractivity contribution >= 4 is 6.08 Å². The monoisotopic (exact) mass is 204 g/mol. The van der Waals surface area contributed by atoms with Crippen LogP contribution in [0.15, 0.2) is 29.8 Å². The molecule has 0 heterocycles. The molecule has 1 aromatic rings. The predicted octanol–water partition coefficient (Wildman–Crippen LogP) is 5.08. The molecule has 84 valence electrons. The highest BCUT2D eigenvalue weighted by Crippen LogP contribution is 2.16. The van der Waals surface area contributed by atoms with Gasteiger partial charge in [0, 0.05) is 0 Å². The van der Waals surface area contributed by atoms with Gasteiger partial charge in [0.15, 0.2) is 0 Å². The summed E-state index contributed by atoms with van der Waals surface area (Å²) in [6.07, 6.45) is 2.28. The van der Waals surface area contributed by atoms with E-state index in [0.717, 1.165) is 0 Å². The number of rotatable bonds is 2. The van der Waals surface area contributed by atoms with Gasteiger partial charge in [0.25, 0.3) is 0 Å². The Kier molecular flexibility index (Phi) is 6.77. The Morgan fingerprint density at radius 1 is 1.13 bits per heavy atom. The molecule has 0 amide bonds. The fraction of sp³-hybridized carbons (Fsp3) is 0.467. The molecule has 0 aliphatic carbocycles. The van der Waals surface area contributed by atoms with E-state index in [1.165, 1.54) is 16.7 Å². The molecule has 0 aliphatic heterocycles. The molecule has 0 saturated heterocycles. The van der Waals surface area contributed by atoms with Gasteiger partial charge < -0.3 is 0 Å². The van der Waals surface area contributed by atoms with Crippen molar-refractivity contribution in [3.05, 3.63) is 41.0 Å². The van der Waals surface area contributed by atoms with Crippen LogP contribution in [0.2, 0.25) is 0 Å². The lowest BCUT2D eigenvalue weighted by Crippen LogP contribution is -1.89. The third-order valence-corrected chi connectivity index (χ3v) is 2.48. The number of hydrogen-bond donors (Lipinski definition) is 0. The van der Waals surface area contributed by atoms with E-state index >= 15 is 0 Å². The van der Waals surface area contributed by atoms with E-state index in [4.69, 9.17) is 0 Å². The smallest absolute Gasteiger partial charge is 0.0228 e. The Morgan fingerprint density at radius 2 is 1.67 bits per heavy atom. The van der Waals surface area contributed by atoms with Crippen LogP contribution in [0.5, 0.6) is 0 Å². The number of hydrogen-bond acceptors (Lipinski definition) is 0. The Balaban J connectivity index is 0.000000921. The van der Waals surface area contributed by atoms with Crippen LogP contribution in [-0.4, -0.2) is 0 Å². The highest BCUT2D eigenvalue weighted by Gasteiger charge is 1.97. The van der Waals surface area contributed by atoms with Gasteiger partial charge in [-0.15, -0.1) is 0 Å². The topological polar surface area (TPSA) is 0 Å². The molecule has 0 unspecified atom stereocenters. The van der Waals surface area contributed by atoms with Gasteiger partial charge in [0.1, 0.15) is 0 Å². The first-order chi connectivity index (χ1) is 7.11. The second kappa shape index (κ2) is 7.28. The summed E-state index contributed by atoms with van der Waals surface area (Å²) < 4.78 is 0. The summed E-state index contributed by atoms with van der Waals surface area (Å²) in [6, 6.07) is 8.49. The zero-order valence-electron chi connectivity index (χ0n) is 11.0. The van der Waals surface area contributed by atoms with E-state index in [9.17, 15) is 0 Å². The average Bonchev–Trinajstić information content (AvgIpc) is 2.24. The van der Waals surface area contributed by atoms with Crippen LogP contribution in [0.4, 0.5) is 0 Å². The Morgan fingerprint density at radius 3 is 2.13 bits per heavy atom. The molecule has 1 rings (SSSR count). The lowest BCUT2D eigenvalue weighted by atomic mass is 10.00. The molecule has 0 heteroatoms. The number of aryl methyl sites for hydroxylation is 1. The average molecular weight is 204 g/mol. The van der Waals surface area contributed by atoms with Crippen molar-refractivity contribution < 1.29 is 0 Å². The second-order valence-electron chi connectivity index (χ2n) is 3.90. The van der Waals surface area contributed by atoms with E-state index in [1.807, 2.05) is 13.8 Å². The van der Waals surface area contributed by atoms with E-state index < -0.39 is 0 Å². The summed E-state index contributed by atoms with van der Waals surface area (Å²) in [5.41, 5.74) is 4.13. The van der Waals surface area contributed by atoms with Crippen LogP contribution in [0.3, 0.4) is 0 Å². The standard InChI is InChI=1S/C13H18.C2H6/c1-10(2)12(4)9-13-8-6-5-7-11(13)3;1-2/h5-10H,1-4H3;1-2H3/b12-9+;. The minimum atomic E-state index is 0.639. The maximum Gasteiger partial charge on any atom is -0.0228 e. The van der Waals surface area contributed by atoms with E-state index in [1.54, 1.807) is 0 Å². The Bertz CT molecular complexity index is 306. The van der Waals surface area contributed by atoms with Gasteiger partial charge in [-0.05, 0) is 30.9 Å². The predicted molar refractivity (Wildman–Crippen MR) is 71.0 cm³/mol. The normalized spacial score (nSPS) is 11.0. The van der Waals surface area contributed by atoms with Gasteiger partial charge in [-0.25, -0.2) is 0 Å². The van der Waals surface area contributed by atoms with Crippen molar-refractivity contribution in [2.75, 3.05) is 0 Å². The lowest BCUT2D eigenvalue weighted by molar-refractivity contribution is 0.776. The van der Waals surface area contributed by atoms with E-state index in [-0.39, 0.29) is 0 Å². The van der Waals surface area contributed by atoms with Crippen LogP contribution < -0.4 is 0 Å². The van der Waals surface area contributed by atoms with Gasteiger partial charge in [-0.2, -0.15) is 0 Å². The van der Waals surface area contributed by atoms with Crippen LogP contribution in [0.1, 0.15) is 45.7 Å². The van der Waals surface area contributed by atoms with Crippen molar-refractivity contribution in [3.8, 4) is 0 Å². The fourth-order valence-electron chi connectivity index (χ4n) is 1.16. The maximum atomic E-state index is 2.28. The van der Waals surface area contributed by atoms with Crippen molar-refractivity contribution in [2.45, 2.75) is 41.5 Å². The third-order valence-electron chi connectivity index (χ3n) is 2.48. The van der Waals surface area contributed by atoms with Crippen molar-refractivity contribution in [1.82, 2.24) is 0 Å². The first-order valence-electron chi connectivity index (χ1n) is 5.85. The molecule has 0 atom stereocenters. The van der Waals surface area contributed by atoms with Crippen molar-refractivity contribution in [1.29, 1.82) is 0 Å². The summed E-state index contributed by atoms with van der Waals surface area (Å²) >= 11 is 0. The van der Waals surface area contributed by atoms with Crippen LogP contribution in [0, 0.1) is 12.8 Å². The zero-order valence-corrected chi connectivity index (χ0v) is 11.0. The van der Waals surface area contributed by atoms with Crippen LogP contribution in [0.25, 0.3) is 6.08 Å². The minimum absolute atomic E-state index is 0.639. The second-order valence-corrected chi connectivity index (χ2v) is 3.90. The maximum absolute atomic E-state index is 2.28. The molecule has 0 aromatic heterocycles. The molecule has 0 bridgehead atoms. The van der Waals surface area contributed by atoms with Gasteiger partial charge in [0.2, 0.25) is 0 Å². The summed E-state index contributed by atoms with van der Waals surface area (Å²) in [5.74, 6) is 0.639. The summed E-state index contributed by atoms with van der Waals surface area (Å²) in [4.78, 5) is 0. The van der Waals surface area contributed by atoms with Crippen molar-refractivity contribution in [3.63, 3.8) is 0 Å². The first-order valence-corrected chi connectivity index (χ1v) is 5.85. The highest BCUT2D eigenvalue weighted by atomic mass is 14.0. The molecule has 1 aromatic carbocycles. The molecule has 15 heavy (non-hydrogen) atoms. The molecular formula is C15H24. The minimum Gasteiger partial charge on any atom is -0.0702 e. The summed E-state index contributed by atoms with van der Waals surface area (Å²) in [6.45, 7) is 12.8. The van der Waals surface area contributed by atoms with Gasteiger partial charge in [0.05, 0.1) is 0 Å². The van der Waals surface area contributed by atoms with Crippen LogP contribution >= 0.6 is 0 Å². The quantitative estimate of drug-likeness (QED) is 0.630. The van der Waals surface area contributed by atoms with Gasteiger partial charge >= 0.3 is 0 Å². The lowest BCUT2D eigenvalue weighted by Gasteiger charge is -2.06. The Labute approximate surface area is 95.0 Å². The molecule has 0 N–H and O–H groups in total. The van der Waals surface area contributed by atoms with Crippen molar-refractivity contribution in [2.24, 2.45) is 5.92 Å². The zero-order chi connectivity index (χ0) is 11.8. The molecule has 0 spiro atoms. The van der Waals surface area contributed by atoms with E-state index in [2.05, 4.69) is 58.0 Å². The van der Waals surface area contributed by atoms with Gasteiger partial charge in [-0.1, -0.05) is 63.6 Å². The largest absolute Gasteiger partial charge is 0.0702 e. The van der Waals surface area contributed by atoms with Crippen LogP contribution in [-0.2, 0) is 0 Å². The highest BCUT2D eigenvalue weighted by molar-refractivity contribution is 5.56. The van der Waals surface area contributed by atoms with E-state index in [0.29, 0.717) is 5.92 Å². The third kappa shape index (κ3) is 4.83. The molecule has 0 saturated carbocycles. The Hall–Kier alpha value is -1.04. The first kappa shape index (κ1) is 14.0. The molecule has 0 nitrogen and oxygen atoms in total. The molecular weight excluding hydrogens is 180 g/mol. The summed E-state index contributed by atoms with van der Waals surface area (Å²) in [5, 5.41) is 0. The molecule has 0 radical (unpaired) electrons. The fourth-order valence-corrected chi connectivity index (χ4v) is 1.16. The number of allylic oxidation sites excluding steroid dienone is 1.